The van der Waals surface area contributed by atoms with Crippen LogP contribution >= 0.6 is 0 Å². The van der Waals surface area contributed by atoms with E-state index < -0.39 is 0 Å². The number of rotatable bonds is 6. The maximum absolute atomic E-state index is 5.81. The highest BCUT2D eigenvalue weighted by atomic mass is 16.5. The molecule has 2 unspecified atom stereocenters. The van der Waals surface area contributed by atoms with Crippen molar-refractivity contribution in [2.45, 2.75) is 51.5 Å². The molecule has 0 radical (unpaired) electrons. The van der Waals surface area contributed by atoms with Crippen molar-refractivity contribution in [3.05, 3.63) is 11.8 Å². The van der Waals surface area contributed by atoms with Crippen molar-refractivity contribution in [3.63, 3.8) is 0 Å². The van der Waals surface area contributed by atoms with E-state index in [0.29, 0.717) is 12.5 Å². The molecule has 1 fully saturated rings. The fourth-order valence-electron chi connectivity index (χ4n) is 2.21. The zero-order chi connectivity index (χ0) is 12.8. The van der Waals surface area contributed by atoms with Gasteiger partial charge in [-0.05, 0) is 32.2 Å². The van der Waals surface area contributed by atoms with E-state index in [0.717, 1.165) is 44.7 Å². The Morgan fingerprint density at radius 1 is 1.39 bits per heavy atom. The Hall–Kier alpha value is -0.940. The second-order valence-corrected chi connectivity index (χ2v) is 4.81. The third-order valence-electron chi connectivity index (χ3n) is 3.31. The van der Waals surface area contributed by atoms with Crippen LogP contribution in [0.2, 0.25) is 0 Å². The predicted molar refractivity (Wildman–Crippen MR) is 68.4 cm³/mol. The van der Waals surface area contributed by atoms with Crippen LogP contribution in [-0.4, -0.2) is 30.0 Å². The smallest absolute Gasteiger partial charge is 0.233 e. The highest BCUT2D eigenvalue weighted by Crippen LogP contribution is 2.26. The molecule has 5 nitrogen and oxygen atoms in total. The van der Waals surface area contributed by atoms with Crippen LogP contribution in [-0.2, 0) is 4.74 Å². The molecular weight excluding hydrogens is 230 g/mol. The standard InChI is InChI=1S/C13H23N3O2/c1-3-7-14-11(4-2)13-16-15-12(18-13)10-6-5-8-17-9-10/h10-11,14H,3-9H2,1-2H3. The molecule has 1 saturated heterocycles. The Bertz CT molecular complexity index is 348. The fraction of sp³-hybridized carbons (Fsp3) is 0.846. The van der Waals surface area contributed by atoms with Crippen molar-refractivity contribution in [2.75, 3.05) is 19.8 Å². The lowest BCUT2D eigenvalue weighted by molar-refractivity contribution is 0.0719. The minimum atomic E-state index is 0.177. The molecule has 18 heavy (non-hydrogen) atoms. The van der Waals surface area contributed by atoms with Crippen LogP contribution in [0.4, 0.5) is 0 Å². The molecule has 102 valence electrons. The van der Waals surface area contributed by atoms with E-state index in [1.165, 1.54) is 0 Å². The fourth-order valence-corrected chi connectivity index (χ4v) is 2.21. The maximum atomic E-state index is 5.81. The Labute approximate surface area is 108 Å². The largest absolute Gasteiger partial charge is 0.423 e. The number of nitrogens with zero attached hydrogens (tertiary/aromatic N) is 2. The molecule has 0 bridgehead atoms. The first-order chi connectivity index (χ1) is 8.85. The van der Waals surface area contributed by atoms with Crippen LogP contribution in [0.5, 0.6) is 0 Å². The monoisotopic (exact) mass is 253 g/mol. The second kappa shape index (κ2) is 6.85. The van der Waals surface area contributed by atoms with Gasteiger partial charge in [-0.1, -0.05) is 13.8 Å². The van der Waals surface area contributed by atoms with Gasteiger partial charge < -0.3 is 14.5 Å². The molecule has 1 aliphatic heterocycles. The molecular formula is C13H23N3O2. The van der Waals surface area contributed by atoms with Crippen molar-refractivity contribution in [3.8, 4) is 0 Å². The lowest BCUT2D eigenvalue weighted by Gasteiger charge is -2.18. The molecule has 0 spiro atoms. The Morgan fingerprint density at radius 3 is 2.94 bits per heavy atom. The summed E-state index contributed by atoms with van der Waals surface area (Å²) in [5.41, 5.74) is 0. The third kappa shape index (κ3) is 3.29. The summed E-state index contributed by atoms with van der Waals surface area (Å²) >= 11 is 0. The minimum absolute atomic E-state index is 0.177. The zero-order valence-electron chi connectivity index (χ0n) is 11.3. The van der Waals surface area contributed by atoms with Crippen LogP contribution in [0, 0.1) is 0 Å². The number of hydrogen-bond acceptors (Lipinski definition) is 5. The Morgan fingerprint density at radius 2 is 2.28 bits per heavy atom. The summed E-state index contributed by atoms with van der Waals surface area (Å²) in [6.45, 7) is 6.82. The highest BCUT2D eigenvalue weighted by molar-refractivity contribution is 4.96. The van der Waals surface area contributed by atoms with Gasteiger partial charge in [-0.15, -0.1) is 10.2 Å². The molecule has 2 heterocycles. The van der Waals surface area contributed by atoms with Gasteiger partial charge in [0.1, 0.15) is 0 Å². The highest BCUT2D eigenvalue weighted by Gasteiger charge is 2.24. The van der Waals surface area contributed by atoms with Gasteiger partial charge in [-0.2, -0.15) is 0 Å². The molecule has 2 atom stereocenters. The van der Waals surface area contributed by atoms with Crippen molar-refractivity contribution < 1.29 is 9.15 Å². The predicted octanol–water partition coefficient (Wildman–Crippen LogP) is 2.41. The topological polar surface area (TPSA) is 60.2 Å². The van der Waals surface area contributed by atoms with Gasteiger partial charge in [-0.25, -0.2) is 0 Å². The van der Waals surface area contributed by atoms with E-state index in [1.807, 2.05) is 0 Å². The lowest BCUT2D eigenvalue weighted by Crippen LogP contribution is -2.21. The van der Waals surface area contributed by atoms with Crippen LogP contribution < -0.4 is 5.32 Å². The van der Waals surface area contributed by atoms with Crippen molar-refractivity contribution in [1.29, 1.82) is 0 Å². The molecule has 1 aliphatic rings. The Kier molecular flexibility index (Phi) is 5.13. The van der Waals surface area contributed by atoms with Crippen LogP contribution in [0.25, 0.3) is 0 Å². The maximum Gasteiger partial charge on any atom is 0.233 e. The molecule has 0 amide bonds. The second-order valence-electron chi connectivity index (χ2n) is 4.81. The number of nitrogens with one attached hydrogen (secondary N) is 1. The van der Waals surface area contributed by atoms with Gasteiger partial charge in [0.05, 0.1) is 18.6 Å². The van der Waals surface area contributed by atoms with Gasteiger partial charge in [0.2, 0.25) is 11.8 Å². The van der Waals surface area contributed by atoms with E-state index in [2.05, 4.69) is 29.4 Å². The molecule has 0 aliphatic carbocycles. The minimum Gasteiger partial charge on any atom is -0.423 e. The van der Waals surface area contributed by atoms with E-state index in [1.54, 1.807) is 0 Å². The normalized spacial score (nSPS) is 22.0. The molecule has 2 rings (SSSR count). The lowest BCUT2D eigenvalue weighted by atomic mass is 10.0. The summed E-state index contributed by atoms with van der Waals surface area (Å²) in [7, 11) is 0. The SMILES string of the molecule is CCCNC(CC)c1nnc(C2CCCOC2)o1. The van der Waals surface area contributed by atoms with Gasteiger partial charge in [-0.3, -0.25) is 0 Å². The Balaban J connectivity index is 1.98. The number of hydrogen-bond donors (Lipinski definition) is 1. The summed E-state index contributed by atoms with van der Waals surface area (Å²) in [4.78, 5) is 0. The van der Waals surface area contributed by atoms with Crippen LogP contribution in [0.1, 0.15) is 63.3 Å². The van der Waals surface area contributed by atoms with Gasteiger partial charge in [0.25, 0.3) is 0 Å². The molecule has 0 saturated carbocycles. The van der Waals surface area contributed by atoms with E-state index in [-0.39, 0.29) is 12.0 Å². The van der Waals surface area contributed by atoms with E-state index >= 15 is 0 Å². The first-order valence-electron chi connectivity index (χ1n) is 6.99. The summed E-state index contributed by atoms with van der Waals surface area (Å²) in [6, 6.07) is 0.177. The van der Waals surface area contributed by atoms with Crippen molar-refractivity contribution in [1.82, 2.24) is 15.5 Å². The molecule has 0 aromatic carbocycles. The van der Waals surface area contributed by atoms with Gasteiger partial charge >= 0.3 is 0 Å². The molecule has 1 aromatic heterocycles. The van der Waals surface area contributed by atoms with Crippen LogP contribution in [0.3, 0.4) is 0 Å². The van der Waals surface area contributed by atoms with Crippen molar-refractivity contribution >= 4 is 0 Å². The third-order valence-corrected chi connectivity index (χ3v) is 3.31. The molecule has 5 heteroatoms. The van der Waals surface area contributed by atoms with Gasteiger partial charge in [0.15, 0.2) is 0 Å². The average molecular weight is 253 g/mol. The number of aromatic nitrogens is 2. The quantitative estimate of drug-likeness (QED) is 0.843. The first kappa shape index (κ1) is 13.5. The summed E-state index contributed by atoms with van der Waals surface area (Å²) in [5.74, 6) is 1.73. The number of ether oxygens (including phenoxy) is 1. The summed E-state index contributed by atoms with van der Waals surface area (Å²) in [5, 5.41) is 11.8. The molecule has 1 N–H and O–H groups in total. The van der Waals surface area contributed by atoms with Crippen LogP contribution in [0.15, 0.2) is 4.42 Å². The summed E-state index contributed by atoms with van der Waals surface area (Å²) < 4.78 is 11.3. The zero-order valence-corrected chi connectivity index (χ0v) is 11.3. The van der Waals surface area contributed by atoms with Crippen molar-refractivity contribution in [2.24, 2.45) is 0 Å². The van der Waals surface area contributed by atoms with E-state index in [4.69, 9.17) is 9.15 Å². The first-order valence-corrected chi connectivity index (χ1v) is 6.99. The average Bonchev–Trinajstić information content (AvgIpc) is 2.90. The van der Waals surface area contributed by atoms with E-state index in [9.17, 15) is 0 Å². The summed E-state index contributed by atoms with van der Waals surface area (Å²) in [6.07, 6.45) is 4.23. The molecule has 1 aromatic rings. The van der Waals surface area contributed by atoms with Gasteiger partial charge in [0, 0.05) is 6.61 Å².